The molecule has 9 heteroatoms. The monoisotopic (exact) mass is 388 g/mol. The maximum absolute atomic E-state index is 12.8. The summed E-state index contributed by atoms with van der Waals surface area (Å²) in [6.45, 7) is 2.57. The molecule has 0 atom stereocenters. The molecule has 0 bridgehead atoms. The van der Waals surface area contributed by atoms with E-state index in [4.69, 9.17) is 4.74 Å². The molecule has 1 aliphatic rings. The summed E-state index contributed by atoms with van der Waals surface area (Å²) in [7, 11) is 1.62. The van der Waals surface area contributed by atoms with Crippen LogP contribution in [0.3, 0.4) is 0 Å². The van der Waals surface area contributed by atoms with Gasteiger partial charge in [0.05, 0.1) is 17.2 Å². The number of rotatable bonds is 7. The van der Waals surface area contributed by atoms with Crippen molar-refractivity contribution in [1.82, 2.24) is 9.97 Å². The van der Waals surface area contributed by atoms with Crippen molar-refractivity contribution in [3.8, 4) is 0 Å². The highest BCUT2D eigenvalue weighted by molar-refractivity contribution is 7.16. The standard InChI is InChI=1S/C18H20N4O4S/c1-10(23)21-18-22-13-5-4-12(16(25)17(13)27-18)15(24)11-3-6-14(20-9-11)19-7-8-26-2/h3,6,9,25H,4-5,7-8H2,1-2H3,(H,19,20)(H,21,22,23). The number of fused-ring (bicyclic) bond motifs is 1. The fourth-order valence-electron chi connectivity index (χ4n) is 2.72. The van der Waals surface area contributed by atoms with Crippen LogP contribution in [0.25, 0.3) is 5.76 Å². The van der Waals surface area contributed by atoms with Gasteiger partial charge in [-0.2, -0.15) is 0 Å². The van der Waals surface area contributed by atoms with Crippen molar-refractivity contribution >= 4 is 39.7 Å². The second-order valence-electron chi connectivity index (χ2n) is 5.98. The molecule has 0 aliphatic heterocycles. The summed E-state index contributed by atoms with van der Waals surface area (Å²) in [6, 6.07) is 3.39. The summed E-state index contributed by atoms with van der Waals surface area (Å²) in [4.78, 5) is 33.0. The fraction of sp³-hybridized carbons (Fsp3) is 0.333. The van der Waals surface area contributed by atoms with E-state index in [1.165, 1.54) is 13.1 Å². The van der Waals surface area contributed by atoms with E-state index in [0.717, 1.165) is 11.3 Å². The molecule has 142 valence electrons. The van der Waals surface area contributed by atoms with E-state index < -0.39 is 0 Å². The summed E-state index contributed by atoms with van der Waals surface area (Å²) < 4.78 is 4.96. The Bertz CT molecular complexity index is 889. The van der Waals surface area contributed by atoms with Crippen LogP contribution in [0.1, 0.15) is 34.3 Å². The number of aryl methyl sites for hydroxylation is 1. The van der Waals surface area contributed by atoms with E-state index in [9.17, 15) is 14.7 Å². The molecule has 3 N–H and O–H groups in total. The summed E-state index contributed by atoms with van der Waals surface area (Å²) in [5.74, 6) is 0.0856. The highest BCUT2D eigenvalue weighted by atomic mass is 32.1. The maximum Gasteiger partial charge on any atom is 0.223 e. The number of aliphatic hydroxyl groups is 1. The molecular weight excluding hydrogens is 368 g/mol. The van der Waals surface area contributed by atoms with Crippen molar-refractivity contribution < 1.29 is 19.4 Å². The Morgan fingerprint density at radius 1 is 1.33 bits per heavy atom. The number of ether oxygens (including phenoxy) is 1. The van der Waals surface area contributed by atoms with Crippen molar-refractivity contribution in [2.45, 2.75) is 19.8 Å². The Labute approximate surface area is 160 Å². The van der Waals surface area contributed by atoms with Gasteiger partial charge in [-0.15, -0.1) is 0 Å². The Morgan fingerprint density at radius 2 is 2.15 bits per heavy atom. The highest BCUT2D eigenvalue weighted by Gasteiger charge is 2.27. The van der Waals surface area contributed by atoms with E-state index in [1.54, 1.807) is 19.2 Å². The number of nitrogens with zero attached hydrogens (tertiary/aromatic N) is 2. The first-order valence-corrected chi connectivity index (χ1v) is 9.24. The van der Waals surface area contributed by atoms with Crippen molar-refractivity contribution in [1.29, 1.82) is 0 Å². The number of ketones is 1. The molecule has 0 saturated heterocycles. The molecular formula is C18H20N4O4S. The van der Waals surface area contributed by atoms with Crippen molar-refractivity contribution in [3.05, 3.63) is 40.0 Å². The number of nitrogens with one attached hydrogen (secondary N) is 2. The number of allylic oxidation sites excluding steroid dienone is 1. The zero-order valence-electron chi connectivity index (χ0n) is 15.0. The number of methoxy groups -OCH3 is 1. The van der Waals surface area contributed by atoms with E-state index in [0.29, 0.717) is 58.7 Å². The van der Waals surface area contributed by atoms with Gasteiger partial charge in [-0.25, -0.2) is 9.97 Å². The largest absolute Gasteiger partial charge is 0.506 e. The van der Waals surface area contributed by atoms with Gasteiger partial charge < -0.3 is 20.5 Å². The molecule has 0 radical (unpaired) electrons. The smallest absolute Gasteiger partial charge is 0.223 e. The van der Waals surface area contributed by atoms with Crippen LogP contribution in [0.5, 0.6) is 0 Å². The SMILES string of the molecule is COCCNc1ccc(C(=O)C2=C(O)c3sc(NC(C)=O)nc3CC2)cn1. The predicted octanol–water partition coefficient (Wildman–Crippen LogP) is 2.65. The lowest BCUT2D eigenvalue weighted by molar-refractivity contribution is -0.114. The number of aliphatic hydroxyl groups excluding tert-OH is 1. The summed E-state index contributed by atoms with van der Waals surface area (Å²) in [5, 5.41) is 16.7. The zero-order chi connectivity index (χ0) is 19.4. The molecule has 0 unspecified atom stereocenters. The van der Waals surface area contributed by atoms with Crippen molar-refractivity contribution in [3.63, 3.8) is 0 Å². The molecule has 1 aliphatic carbocycles. The third kappa shape index (κ3) is 4.32. The summed E-state index contributed by atoms with van der Waals surface area (Å²) in [5.41, 5.74) is 1.43. The average Bonchev–Trinajstić information content (AvgIpc) is 3.05. The summed E-state index contributed by atoms with van der Waals surface area (Å²) >= 11 is 1.16. The Morgan fingerprint density at radius 3 is 2.81 bits per heavy atom. The van der Waals surface area contributed by atoms with Gasteiger partial charge in [-0.1, -0.05) is 11.3 Å². The Hall–Kier alpha value is -2.78. The van der Waals surface area contributed by atoms with Gasteiger partial charge in [0.25, 0.3) is 0 Å². The van der Waals surface area contributed by atoms with E-state index in [-0.39, 0.29) is 17.4 Å². The molecule has 2 aromatic heterocycles. The minimum atomic E-state index is -0.261. The minimum absolute atomic E-state index is 0.0716. The Balaban J connectivity index is 1.79. The number of pyridine rings is 1. The molecule has 1 amide bonds. The van der Waals surface area contributed by atoms with Crippen molar-refractivity contribution in [2.75, 3.05) is 30.9 Å². The molecule has 0 fully saturated rings. The number of amides is 1. The lowest BCUT2D eigenvalue weighted by Crippen LogP contribution is -2.13. The van der Waals surface area contributed by atoms with Crippen LogP contribution in [0.2, 0.25) is 0 Å². The molecule has 2 aromatic rings. The first-order valence-electron chi connectivity index (χ1n) is 8.43. The number of hydrogen-bond acceptors (Lipinski definition) is 8. The maximum atomic E-state index is 12.8. The lowest BCUT2D eigenvalue weighted by atomic mass is 9.93. The molecule has 0 aromatic carbocycles. The van der Waals surface area contributed by atoms with Crippen LogP contribution in [0, 0.1) is 0 Å². The normalized spacial score (nSPS) is 13.3. The fourth-order valence-corrected chi connectivity index (χ4v) is 3.75. The number of thiazole rings is 1. The molecule has 2 heterocycles. The first-order chi connectivity index (χ1) is 13.0. The first kappa shape index (κ1) is 19.0. The van der Waals surface area contributed by atoms with Gasteiger partial charge in [-0.3, -0.25) is 9.59 Å². The average molecular weight is 388 g/mol. The van der Waals surface area contributed by atoms with E-state index in [1.807, 2.05) is 0 Å². The number of carbonyl (C=O) groups excluding carboxylic acids is 2. The molecule has 27 heavy (non-hydrogen) atoms. The van der Waals surface area contributed by atoms with Gasteiger partial charge >= 0.3 is 0 Å². The van der Waals surface area contributed by atoms with Crippen LogP contribution >= 0.6 is 11.3 Å². The van der Waals surface area contributed by atoms with Crippen LogP contribution in [-0.4, -0.2) is 47.0 Å². The van der Waals surface area contributed by atoms with Gasteiger partial charge in [0.1, 0.15) is 11.6 Å². The quantitative estimate of drug-likeness (QED) is 0.493. The highest BCUT2D eigenvalue weighted by Crippen LogP contribution is 2.37. The summed E-state index contributed by atoms with van der Waals surface area (Å²) in [6.07, 6.45) is 2.40. The number of Topliss-reactive ketones (excluding diaryl/α,β-unsaturated/α-hetero) is 1. The molecule has 0 saturated carbocycles. The van der Waals surface area contributed by atoms with E-state index >= 15 is 0 Å². The number of carbonyl (C=O) groups is 2. The van der Waals surface area contributed by atoms with Crippen LogP contribution in [0.4, 0.5) is 10.9 Å². The van der Waals surface area contributed by atoms with Crippen LogP contribution in [-0.2, 0) is 16.0 Å². The number of aromatic nitrogens is 2. The van der Waals surface area contributed by atoms with Gasteiger partial charge in [0.2, 0.25) is 5.91 Å². The lowest BCUT2D eigenvalue weighted by Gasteiger charge is -2.14. The zero-order valence-corrected chi connectivity index (χ0v) is 15.9. The van der Waals surface area contributed by atoms with Crippen LogP contribution < -0.4 is 10.6 Å². The minimum Gasteiger partial charge on any atom is -0.506 e. The Kier molecular flexibility index (Phi) is 5.82. The topological polar surface area (TPSA) is 113 Å². The van der Waals surface area contributed by atoms with E-state index in [2.05, 4.69) is 20.6 Å². The van der Waals surface area contributed by atoms with Crippen molar-refractivity contribution in [2.24, 2.45) is 0 Å². The number of anilines is 2. The van der Waals surface area contributed by atoms with Gasteiger partial charge in [0, 0.05) is 37.9 Å². The second kappa shape index (κ2) is 8.28. The second-order valence-corrected chi connectivity index (χ2v) is 6.98. The number of hydrogen-bond donors (Lipinski definition) is 3. The van der Waals surface area contributed by atoms with Gasteiger partial charge in [0.15, 0.2) is 10.9 Å². The molecule has 8 nitrogen and oxygen atoms in total. The molecule has 0 spiro atoms. The third-order valence-corrected chi connectivity index (χ3v) is 5.02. The third-order valence-electron chi connectivity index (χ3n) is 4.01. The molecule has 3 rings (SSSR count). The van der Waals surface area contributed by atoms with Gasteiger partial charge in [-0.05, 0) is 25.0 Å². The van der Waals surface area contributed by atoms with Crippen LogP contribution in [0.15, 0.2) is 23.9 Å². The predicted molar refractivity (Wildman–Crippen MR) is 103 cm³/mol.